The molecule has 2 fully saturated rings. The van der Waals surface area contributed by atoms with Crippen molar-refractivity contribution in [1.82, 2.24) is 9.80 Å². The van der Waals surface area contributed by atoms with Gasteiger partial charge in [-0.3, -0.25) is 4.79 Å². The van der Waals surface area contributed by atoms with E-state index in [1.807, 2.05) is 0 Å². The van der Waals surface area contributed by atoms with Crippen molar-refractivity contribution >= 4 is 12.0 Å². The van der Waals surface area contributed by atoms with Gasteiger partial charge in [0.05, 0.1) is 24.5 Å². The van der Waals surface area contributed by atoms with Crippen molar-refractivity contribution in [2.24, 2.45) is 11.8 Å². The maximum atomic E-state index is 12.6. The molecule has 2 amide bonds. The summed E-state index contributed by atoms with van der Waals surface area (Å²) >= 11 is 0. The largest absolute Gasteiger partial charge is 0.465 e. The maximum Gasteiger partial charge on any atom is 0.407 e. The predicted molar refractivity (Wildman–Crippen MR) is 69.1 cm³/mol. The van der Waals surface area contributed by atoms with Crippen LogP contribution in [-0.2, 0) is 4.79 Å². The number of likely N-dealkylation sites (tertiary alicyclic amines) is 2. The monoisotopic (exact) mass is 324 g/mol. The van der Waals surface area contributed by atoms with Crippen molar-refractivity contribution in [3.63, 3.8) is 0 Å². The second-order valence-corrected chi connectivity index (χ2v) is 5.85. The van der Waals surface area contributed by atoms with Gasteiger partial charge in [-0.1, -0.05) is 0 Å². The number of rotatable bonds is 2. The average molecular weight is 324 g/mol. The zero-order valence-corrected chi connectivity index (χ0v) is 11.9. The van der Waals surface area contributed by atoms with Gasteiger partial charge in [0.15, 0.2) is 0 Å². The maximum absolute atomic E-state index is 12.6. The average Bonchev–Trinajstić information content (AvgIpc) is 2.90. The first-order valence-corrected chi connectivity index (χ1v) is 7.20. The molecule has 2 saturated heterocycles. The van der Waals surface area contributed by atoms with Crippen molar-refractivity contribution in [1.29, 1.82) is 0 Å². The van der Waals surface area contributed by atoms with E-state index in [1.54, 1.807) is 0 Å². The molecular weight excluding hydrogens is 305 g/mol. The molecule has 126 valence electrons. The number of hydrogen-bond acceptors (Lipinski definition) is 3. The standard InChI is InChI=1S/C13H19F3N2O4/c14-13(15,16)9-1-3-17(4-2-9)11(20)8-5-10(7-19)18(6-8)12(21)22/h8-10,19H,1-7H2,(H,21,22)/t8-,10-/m0/s1. The van der Waals surface area contributed by atoms with Crippen molar-refractivity contribution in [2.75, 3.05) is 26.2 Å². The molecule has 2 aliphatic heterocycles. The van der Waals surface area contributed by atoms with Crippen molar-refractivity contribution in [3.05, 3.63) is 0 Å². The molecule has 22 heavy (non-hydrogen) atoms. The molecule has 2 aliphatic rings. The number of amides is 2. The number of carbonyl (C=O) groups is 2. The van der Waals surface area contributed by atoms with Crippen LogP contribution in [0.25, 0.3) is 0 Å². The lowest BCUT2D eigenvalue weighted by Gasteiger charge is -2.34. The molecule has 0 aromatic carbocycles. The number of carboxylic acid groups (broad SMARTS) is 1. The highest BCUT2D eigenvalue weighted by atomic mass is 19.4. The van der Waals surface area contributed by atoms with Crippen LogP contribution in [0.2, 0.25) is 0 Å². The lowest BCUT2D eigenvalue weighted by Crippen LogP contribution is -2.45. The summed E-state index contributed by atoms with van der Waals surface area (Å²) in [7, 11) is 0. The number of hydrogen-bond donors (Lipinski definition) is 2. The molecule has 9 heteroatoms. The number of piperidine rings is 1. The lowest BCUT2D eigenvalue weighted by atomic mass is 9.94. The van der Waals surface area contributed by atoms with E-state index in [2.05, 4.69) is 0 Å². The molecule has 0 saturated carbocycles. The van der Waals surface area contributed by atoms with E-state index in [0.29, 0.717) is 0 Å². The highest BCUT2D eigenvalue weighted by Crippen LogP contribution is 2.35. The Bertz CT molecular complexity index is 435. The highest BCUT2D eigenvalue weighted by molar-refractivity contribution is 5.80. The number of carbonyl (C=O) groups excluding carboxylic acids is 1. The molecule has 0 aliphatic carbocycles. The predicted octanol–water partition coefficient (Wildman–Crippen LogP) is 1.15. The van der Waals surface area contributed by atoms with Crippen LogP contribution in [-0.4, -0.2) is 70.5 Å². The Morgan fingerprint density at radius 3 is 2.18 bits per heavy atom. The molecule has 2 heterocycles. The summed E-state index contributed by atoms with van der Waals surface area (Å²) in [6.07, 6.45) is -5.46. The van der Waals surface area contributed by atoms with Crippen LogP contribution in [0.4, 0.5) is 18.0 Å². The summed E-state index contributed by atoms with van der Waals surface area (Å²) in [6.45, 7) is -0.308. The number of alkyl halides is 3. The zero-order valence-electron chi connectivity index (χ0n) is 11.9. The summed E-state index contributed by atoms with van der Waals surface area (Å²) in [4.78, 5) is 25.8. The Morgan fingerprint density at radius 1 is 1.18 bits per heavy atom. The van der Waals surface area contributed by atoms with Gasteiger partial charge in [-0.05, 0) is 19.3 Å². The van der Waals surface area contributed by atoms with E-state index in [1.165, 1.54) is 4.90 Å². The van der Waals surface area contributed by atoms with E-state index in [-0.39, 0.29) is 51.4 Å². The molecule has 0 unspecified atom stereocenters. The second-order valence-electron chi connectivity index (χ2n) is 5.85. The third-order valence-corrected chi connectivity index (χ3v) is 4.49. The molecule has 0 aromatic rings. The van der Waals surface area contributed by atoms with Gasteiger partial charge in [-0.2, -0.15) is 13.2 Å². The summed E-state index contributed by atoms with van der Waals surface area (Å²) in [6, 6.07) is -0.626. The molecule has 2 rings (SSSR count). The minimum absolute atomic E-state index is 0.0153. The summed E-state index contributed by atoms with van der Waals surface area (Å²) in [5, 5.41) is 18.2. The van der Waals surface area contributed by atoms with Gasteiger partial charge in [-0.25, -0.2) is 4.79 Å². The molecular formula is C13H19F3N2O4. The molecule has 0 radical (unpaired) electrons. The Balaban J connectivity index is 1.92. The Morgan fingerprint density at radius 2 is 1.77 bits per heavy atom. The van der Waals surface area contributed by atoms with Crippen LogP contribution in [0.3, 0.4) is 0 Å². The van der Waals surface area contributed by atoms with E-state index < -0.39 is 30.1 Å². The van der Waals surface area contributed by atoms with Gasteiger partial charge in [0, 0.05) is 19.6 Å². The summed E-state index contributed by atoms with van der Waals surface area (Å²) in [5.74, 6) is -2.28. The number of halogens is 3. The van der Waals surface area contributed by atoms with Crippen LogP contribution < -0.4 is 0 Å². The zero-order chi connectivity index (χ0) is 16.5. The van der Waals surface area contributed by atoms with E-state index >= 15 is 0 Å². The first-order chi connectivity index (χ1) is 10.2. The smallest absolute Gasteiger partial charge is 0.407 e. The Kier molecular flexibility index (Phi) is 4.84. The number of aliphatic hydroxyl groups excluding tert-OH is 1. The molecule has 0 aromatic heterocycles. The van der Waals surface area contributed by atoms with Crippen LogP contribution >= 0.6 is 0 Å². The number of nitrogens with zero attached hydrogens (tertiary/aromatic N) is 2. The lowest BCUT2D eigenvalue weighted by molar-refractivity contribution is -0.186. The van der Waals surface area contributed by atoms with Gasteiger partial charge in [0.25, 0.3) is 0 Å². The fourth-order valence-corrected chi connectivity index (χ4v) is 3.19. The first kappa shape index (κ1) is 16.9. The SMILES string of the molecule is O=C([C@H]1C[C@@H](CO)N(C(=O)O)C1)N1CCC(C(F)(F)F)CC1. The van der Waals surface area contributed by atoms with Crippen LogP contribution in [0, 0.1) is 11.8 Å². The fourth-order valence-electron chi connectivity index (χ4n) is 3.19. The molecule has 2 atom stereocenters. The van der Waals surface area contributed by atoms with E-state index in [0.717, 1.165) is 4.90 Å². The minimum Gasteiger partial charge on any atom is -0.465 e. The minimum atomic E-state index is -4.23. The third-order valence-electron chi connectivity index (χ3n) is 4.49. The topological polar surface area (TPSA) is 81.1 Å². The van der Waals surface area contributed by atoms with Gasteiger partial charge < -0.3 is 20.0 Å². The molecule has 0 bridgehead atoms. The molecule has 0 spiro atoms. The third kappa shape index (κ3) is 3.45. The van der Waals surface area contributed by atoms with Gasteiger partial charge in [0.2, 0.25) is 5.91 Å². The fraction of sp³-hybridized carbons (Fsp3) is 0.846. The normalized spacial score (nSPS) is 27.3. The Hall–Kier alpha value is -1.51. The van der Waals surface area contributed by atoms with Gasteiger partial charge in [-0.15, -0.1) is 0 Å². The number of aliphatic hydroxyl groups is 1. The summed E-state index contributed by atoms with van der Waals surface area (Å²) in [5.41, 5.74) is 0. The van der Waals surface area contributed by atoms with Crippen LogP contribution in [0.5, 0.6) is 0 Å². The molecule has 6 nitrogen and oxygen atoms in total. The van der Waals surface area contributed by atoms with Crippen molar-refractivity contribution < 1.29 is 33.0 Å². The van der Waals surface area contributed by atoms with Crippen LogP contribution in [0.1, 0.15) is 19.3 Å². The summed E-state index contributed by atoms with van der Waals surface area (Å²) < 4.78 is 37.8. The van der Waals surface area contributed by atoms with Crippen molar-refractivity contribution in [2.45, 2.75) is 31.5 Å². The van der Waals surface area contributed by atoms with E-state index in [9.17, 15) is 22.8 Å². The Labute approximate surface area is 125 Å². The van der Waals surface area contributed by atoms with Crippen LogP contribution in [0.15, 0.2) is 0 Å². The molecule has 2 N–H and O–H groups in total. The first-order valence-electron chi connectivity index (χ1n) is 7.20. The quantitative estimate of drug-likeness (QED) is 0.798. The highest BCUT2D eigenvalue weighted by Gasteiger charge is 2.44. The van der Waals surface area contributed by atoms with Gasteiger partial charge in [0.1, 0.15) is 0 Å². The van der Waals surface area contributed by atoms with E-state index in [4.69, 9.17) is 10.2 Å². The van der Waals surface area contributed by atoms with Crippen molar-refractivity contribution in [3.8, 4) is 0 Å². The second kappa shape index (κ2) is 6.31. The van der Waals surface area contributed by atoms with Gasteiger partial charge >= 0.3 is 12.3 Å².